The predicted molar refractivity (Wildman–Crippen MR) is 137 cm³/mol. The highest BCUT2D eigenvalue weighted by molar-refractivity contribution is 6.23. The van der Waals surface area contributed by atoms with Gasteiger partial charge in [0.25, 0.3) is 0 Å². The topological polar surface area (TPSA) is 80.8 Å². The lowest BCUT2D eigenvalue weighted by atomic mass is 9.73. The Morgan fingerprint density at radius 1 is 0.838 bits per heavy atom. The number of hydrogen-bond acceptors (Lipinski definition) is 5. The third kappa shape index (κ3) is 3.97. The van der Waals surface area contributed by atoms with Crippen molar-refractivity contribution in [3.8, 4) is 0 Å². The number of fused-ring (bicyclic) bond motifs is 5. The summed E-state index contributed by atoms with van der Waals surface area (Å²) in [4.78, 5) is 53.4. The third-order valence-electron chi connectivity index (χ3n) is 8.29. The molecule has 2 aliphatic carbocycles. The van der Waals surface area contributed by atoms with Gasteiger partial charge in [-0.1, -0.05) is 66.2 Å². The molecule has 6 nitrogen and oxygen atoms in total. The SMILES string of the molecule is Cc1ccc(C(=O)COC(=O)c2cccc(N3C(=O)[C@@H]4[C@@H]5C[C@@H]([C@H]4C3=O)[C@@H](c3ccccc3)C5)c2)cc1. The highest BCUT2D eigenvalue weighted by Crippen LogP contribution is 2.61. The number of carbonyl (C=O) groups is 4. The quantitative estimate of drug-likeness (QED) is 0.275. The lowest BCUT2D eigenvalue weighted by Crippen LogP contribution is -2.33. The first-order valence-corrected chi connectivity index (χ1v) is 12.7. The van der Waals surface area contributed by atoms with Crippen molar-refractivity contribution in [2.24, 2.45) is 23.7 Å². The predicted octanol–water partition coefficient (Wildman–Crippen LogP) is 4.96. The van der Waals surface area contributed by atoms with Gasteiger partial charge in [0.2, 0.25) is 11.8 Å². The third-order valence-corrected chi connectivity index (χ3v) is 8.29. The molecule has 186 valence electrons. The first-order chi connectivity index (χ1) is 17.9. The Morgan fingerprint density at radius 2 is 1.57 bits per heavy atom. The maximum absolute atomic E-state index is 13.6. The van der Waals surface area contributed by atoms with Crippen LogP contribution in [0, 0.1) is 30.6 Å². The minimum atomic E-state index is -0.675. The number of amides is 2. The molecule has 3 aromatic rings. The normalized spacial score (nSPS) is 25.9. The largest absolute Gasteiger partial charge is 0.454 e. The molecule has 1 heterocycles. The second-order valence-electron chi connectivity index (χ2n) is 10.4. The number of aryl methyl sites for hydroxylation is 1. The van der Waals surface area contributed by atoms with Crippen LogP contribution in [-0.4, -0.2) is 30.2 Å². The molecule has 6 rings (SSSR count). The van der Waals surface area contributed by atoms with Crippen molar-refractivity contribution in [3.63, 3.8) is 0 Å². The van der Waals surface area contributed by atoms with Crippen LogP contribution in [0.15, 0.2) is 78.9 Å². The summed E-state index contributed by atoms with van der Waals surface area (Å²) >= 11 is 0. The van der Waals surface area contributed by atoms with Crippen molar-refractivity contribution in [1.29, 1.82) is 0 Å². The van der Waals surface area contributed by atoms with E-state index in [0.717, 1.165) is 18.4 Å². The Morgan fingerprint density at radius 3 is 2.32 bits per heavy atom. The second kappa shape index (κ2) is 9.11. The number of Topliss-reactive ketones (excluding diaryl/α,β-unsaturated/α-hetero) is 1. The molecule has 0 unspecified atom stereocenters. The first kappa shape index (κ1) is 23.3. The summed E-state index contributed by atoms with van der Waals surface area (Å²) in [5, 5.41) is 0. The van der Waals surface area contributed by atoms with Crippen LogP contribution >= 0.6 is 0 Å². The van der Waals surface area contributed by atoms with Crippen molar-refractivity contribution >= 4 is 29.3 Å². The number of ether oxygens (including phenoxy) is 1. The molecule has 1 saturated heterocycles. The van der Waals surface area contributed by atoms with E-state index in [0.29, 0.717) is 11.3 Å². The summed E-state index contributed by atoms with van der Waals surface area (Å²) in [5.41, 5.74) is 3.30. The van der Waals surface area contributed by atoms with Crippen LogP contribution in [0.3, 0.4) is 0 Å². The summed E-state index contributed by atoms with van der Waals surface area (Å²) in [6, 6.07) is 23.7. The zero-order valence-electron chi connectivity index (χ0n) is 20.5. The summed E-state index contributed by atoms with van der Waals surface area (Å²) < 4.78 is 5.25. The van der Waals surface area contributed by atoms with Gasteiger partial charge in [0.1, 0.15) is 0 Å². The van der Waals surface area contributed by atoms with Crippen LogP contribution in [0.1, 0.15) is 50.6 Å². The average molecular weight is 494 g/mol. The lowest BCUT2D eigenvalue weighted by molar-refractivity contribution is -0.123. The zero-order chi connectivity index (χ0) is 25.7. The van der Waals surface area contributed by atoms with Crippen LogP contribution in [0.5, 0.6) is 0 Å². The number of benzene rings is 3. The van der Waals surface area contributed by atoms with Crippen molar-refractivity contribution in [1.82, 2.24) is 0 Å². The molecule has 3 fully saturated rings. The van der Waals surface area contributed by atoms with Gasteiger partial charge >= 0.3 is 5.97 Å². The van der Waals surface area contributed by atoms with Crippen LogP contribution in [-0.2, 0) is 14.3 Å². The van der Waals surface area contributed by atoms with Crippen molar-refractivity contribution in [3.05, 3.63) is 101 Å². The number of imide groups is 1. The van der Waals surface area contributed by atoms with E-state index < -0.39 is 5.97 Å². The molecular weight excluding hydrogens is 466 g/mol. The number of esters is 1. The molecule has 6 heteroatoms. The van der Waals surface area contributed by atoms with Crippen molar-refractivity contribution < 1.29 is 23.9 Å². The van der Waals surface area contributed by atoms with Gasteiger partial charge in [-0.25, -0.2) is 4.79 Å². The molecule has 5 atom stereocenters. The average Bonchev–Trinajstić information content (AvgIpc) is 3.59. The van der Waals surface area contributed by atoms with E-state index in [1.165, 1.54) is 16.5 Å². The monoisotopic (exact) mass is 493 g/mol. The molecule has 0 aromatic heterocycles. The van der Waals surface area contributed by atoms with Crippen LogP contribution in [0.4, 0.5) is 5.69 Å². The number of rotatable bonds is 6. The van der Waals surface area contributed by atoms with Crippen LogP contribution < -0.4 is 4.90 Å². The van der Waals surface area contributed by atoms with E-state index in [2.05, 4.69) is 12.1 Å². The molecule has 0 spiro atoms. The van der Waals surface area contributed by atoms with Crippen molar-refractivity contribution in [2.75, 3.05) is 11.5 Å². The molecule has 2 bridgehead atoms. The van der Waals surface area contributed by atoms with Gasteiger partial charge in [-0.15, -0.1) is 0 Å². The molecule has 0 radical (unpaired) electrons. The van der Waals surface area contributed by atoms with Gasteiger partial charge in [-0.05, 0) is 61.3 Å². The van der Waals surface area contributed by atoms with E-state index in [1.54, 1.807) is 30.3 Å². The summed E-state index contributed by atoms with van der Waals surface area (Å²) in [7, 11) is 0. The minimum absolute atomic E-state index is 0.153. The van der Waals surface area contributed by atoms with E-state index in [4.69, 9.17) is 4.74 Å². The molecule has 2 saturated carbocycles. The molecule has 3 aliphatic rings. The standard InChI is InChI=1S/C31H27NO5/c1-18-10-12-20(13-11-18)26(33)17-37-31(36)21-8-5-9-23(14-21)32-29(34)27-22-15-24(19-6-3-2-4-7-19)25(16-22)28(27)30(32)35/h2-14,22,24-25,27-28H,15-17H2,1H3/t22-,24+,25+,27+,28+/m0/s1. The van der Waals surface area contributed by atoms with E-state index in [9.17, 15) is 19.2 Å². The molecule has 0 N–H and O–H groups in total. The summed E-state index contributed by atoms with van der Waals surface area (Å²) in [5.74, 6) is -1.30. The fourth-order valence-electron chi connectivity index (χ4n) is 6.61. The van der Waals surface area contributed by atoms with Crippen molar-refractivity contribution in [2.45, 2.75) is 25.7 Å². The van der Waals surface area contributed by atoms with E-state index in [-0.39, 0.29) is 59.4 Å². The fourth-order valence-corrected chi connectivity index (χ4v) is 6.61. The Labute approximate surface area is 215 Å². The molecular formula is C31H27NO5. The fraction of sp³-hybridized carbons (Fsp3) is 0.290. The first-order valence-electron chi connectivity index (χ1n) is 12.7. The molecule has 37 heavy (non-hydrogen) atoms. The Balaban J connectivity index is 1.18. The highest BCUT2D eigenvalue weighted by atomic mass is 16.5. The second-order valence-corrected chi connectivity index (χ2v) is 10.4. The van der Waals surface area contributed by atoms with E-state index >= 15 is 0 Å². The Kier molecular flexibility index (Phi) is 5.75. The zero-order valence-corrected chi connectivity index (χ0v) is 20.5. The van der Waals surface area contributed by atoms with Gasteiger partial charge in [-0.3, -0.25) is 19.3 Å². The van der Waals surface area contributed by atoms with E-state index in [1.807, 2.05) is 37.3 Å². The Bertz CT molecular complexity index is 1400. The maximum Gasteiger partial charge on any atom is 0.338 e. The number of hydrogen-bond donors (Lipinski definition) is 0. The van der Waals surface area contributed by atoms with Gasteiger partial charge in [0.05, 0.1) is 23.1 Å². The summed E-state index contributed by atoms with van der Waals surface area (Å²) in [6.07, 6.45) is 1.83. The van der Waals surface area contributed by atoms with Gasteiger partial charge in [0, 0.05) is 5.56 Å². The van der Waals surface area contributed by atoms with Gasteiger partial charge in [0.15, 0.2) is 12.4 Å². The Hall–Kier alpha value is -4.06. The molecule has 2 amide bonds. The smallest absolute Gasteiger partial charge is 0.338 e. The number of nitrogens with zero attached hydrogens (tertiary/aromatic N) is 1. The van der Waals surface area contributed by atoms with Crippen LogP contribution in [0.25, 0.3) is 0 Å². The minimum Gasteiger partial charge on any atom is -0.454 e. The number of ketones is 1. The lowest BCUT2D eigenvalue weighted by Gasteiger charge is -2.28. The molecule has 3 aromatic carbocycles. The highest BCUT2D eigenvalue weighted by Gasteiger charge is 2.64. The summed E-state index contributed by atoms with van der Waals surface area (Å²) in [6.45, 7) is 1.54. The number of anilines is 1. The van der Waals surface area contributed by atoms with Gasteiger partial charge < -0.3 is 4.74 Å². The maximum atomic E-state index is 13.6. The van der Waals surface area contributed by atoms with Crippen LogP contribution in [0.2, 0.25) is 0 Å². The number of carbonyl (C=O) groups excluding carboxylic acids is 4. The molecule has 1 aliphatic heterocycles. The van der Waals surface area contributed by atoms with Gasteiger partial charge in [-0.2, -0.15) is 0 Å².